The minimum absolute atomic E-state index is 0.347. The molecule has 2 aromatic carbocycles. The summed E-state index contributed by atoms with van der Waals surface area (Å²) in [7, 11) is 1.56. The number of carbonyl (C=O) groups excluding carboxylic acids is 3. The highest BCUT2D eigenvalue weighted by Crippen LogP contribution is 2.33. The number of ether oxygens (including phenoxy) is 1. The molecule has 158 valence electrons. The molecule has 1 saturated heterocycles. The average molecular weight is 409 g/mol. The van der Waals surface area contributed by atoms with Crippen LogP contribution in [0.5, 0.6) is 5.75 Å². The van der Waals surface area contributed by atoms with Crippen LogP contribution >= 0.6 is 0 Å². The molecule has 0 spiro atoms. The lowest BCUT2D eigenvalue weighted by atomic mass is 9.87. The van der Waals surface area contributed by atoms with Crippen LogP contribution in [0.25, 0.3) is 0 Å². The van der Waals surface area contributed by atoms with Gasteiger partial charge in [-0.25, -0.2) is 4.79 Å². The van der Waals surface area contributed by atoms with Crippen molar-refractivity contribution in [3.63, 3.8) is 0 Å². The predicted molar refractivity (Wildman–Crippen MR) is 114 cm³/mol. The molecule has 7 nitrogen and oxygen atoms in total. The number of aryl methyl sites for hydroxylation is 2. The molecule has 30 heavy (non-hydrogen) atoms. The van der Waals surface area contributed by atoms with Crippen molar-refractivity contribution in [1.82, 2.24) is 10.2 Å². The van der Waals surface area contributed by atoms with Crippen LogP contribution in [-0.2, 0) is 21.5 Å². The number of methoxy groups -OCH3 is 1. The molecule has 1 atom stereocenters. The Morgan fingerprint density at radius 1 is 1.13 bits per heavy atom. The summed E-state index contributed by atoms with van der Waals surface area (Å²) in [5.41, 5.74) is 2.12. The molecule has 1 aliphatic rings. The van der Waals surface area contributed by atoms with Crippen LogP contribution in [0.4, 0.5) is 10.5 Å². The fourth-order valence-corrected chi connectivity index (χ4v) is 3.81. The number of anilines is 1. The largest absolute Gasteiger partial charge is 0.497 e. The van der Waals surface area contributed by atoms with Crippen LogP contribution < -0.4 is 15.4 Å². The normalized spacial score (nSPS) is 18.3. The third kappa shape index (κ3) is 3.75. The smallest absolute Gasteiger partial charge is 0.325 e. The Balaban J connectivity index is 1.81. The van der Waals surface area contributed by atoms with Gasteiger partial charge >= 0.3 is 6.03 Å². The van der Waals surface area contributed by atoms with Gasteiger partial charge in [0.05, 0.1) is 7.11 Å². The number of imide groups is 1. The van der Waals surface area contributed by atoms with Gasteiger partial charge in [-0.15, -0.1) is 0 Å². The molecule has 2 aromatic rings. The third-order valence-corrected chi connectivity index (χ3v) is 5.59. The van der Waals surface area contributed by atoms with Crippen molar-refractivity contribution < 1.29 is 19.1 Å². The Morgan fingerprint density at radius 3 is 2.43 bits per heavy atom. The maximum absolute atomic E-state index is 13.2. The van der Waals surface area contributed by atoms with Gasteiger partial charge in [-0.05, 0) is 48.6 Å². The van der Waals surface area contributed by atoms with Gasteiger partial charge in [0.1, 0.15) is 17.8 Å². The zero-order chi connectivity index (χ0) is 21.9. The van der Waals surface area contributed by atoms with Gasteiger partial charge in [0.2, 0.25) is 5.91 Å². The second-order valence-electron chi connectivity index (χ2n) is 7.32. The minimum Gasteiger partial charge on any atom is -0.497 e. The van der Waals surface area contributed by atoms with E-state index in [1.54, 1.807) is 31.4 Å². The summed E-state index contributed by atoms with van der Waals surface area (Å²) in [5, 5.41) is 5.66. The van der Waals surface area contributed by atoms with E-state index in [2.05, 4.69) is 10.6 Å². The fourth-order valence-electron chi connectivity index (χ4n) is 3.81. The summed E-state index contributed by atoms with van der Waals surface area (Å²) >= 11 is 0. The van der Waals surface area contributed by atoms with Crippen LogP contribution in [0.15, 0.2) is 42.5 Å². The van der Waals surface area contributed by atoms with Gasteiger partial charge in [-0.1, -0.05) is 44.2 Å². The highest BCUT2D eigenvalue weighted by Gasteiger charge is 2.51. The van der Waals surface area contributed by atoms with Gasteiger partial charge in [0, 0.05) is 5.69 Å². The molecule has 1 aliphatic heterocycles. The van der Waals surface area contributed by atoms with Gasteiger partial charge < -0.3 is 15.4 Å². The summed E-state index contributed by atoms with van der Waals surface area (Å²) in [6.45, 7) is 5.40. The molecule has 4 amide bonds. The fraction of sp³-hybridized carbons (Fsp3) is 0.348. The number of nitrogens with zero attached hydrogens (tertiary/aromatic N) is 1. The first-order valence-corrected chi connectivity index (χ1v) is 10.0. The van der Waals surface area contributed by atoms with E-state index in [1.807, 2.05) is 39.0 Å². The first-order chi connectivity index (χ1) is 14.4. The minimum atomic E-state index is -1.19. The zero-order valence-corrected chi connectivity index (χ0v) is 17.7. The molecule has 0 saturated carbocycles. The van der Waals surface area contributed by atoms with Crippen LogP contribution in [0.2, 0.25) is 0 Å². The van der Waals surface area contributed by atoms with Crippen molar-refractivity contribution in [3.8, 4) is 5.75 Å². The lowest BCUT2D eigenvalue weighted by Crippen LogP contribution is -2.44. The van der Waals surface area contributed by atoms with Crippen LogP contribution in [0.3, 0.4) is 0 Å². The van der Waals surface area contributed by atoms with E-state index >= 15 is 0 Å². The zero-order valence-electron chi connectivity index (χ0n) is 17.7. The Kier molecular flexibility index (Phi) is 6.10. The number of rotatable bonds is 7. The lowest BCUT2D eigenvalue weighted by molar-refractivity contribution is -0.134. The number of hydrogen-bond acceptors (Lipinski definition) is 4. The van der Waals surface area contributed by atoms with Crippen molar-refractivity contribution in [2.24, 2.45) is 0 Å². The first kappa shape index (κ1) is 21.4. The summed E-state index contributed by atoms with van der Waals surface area (Å²) in [6, 6.07) is 12.2. The molecular weight excluding hydrogens is 382 g/mol. The number of amides is 4. The quantitative estimate of drug-likeness (QED) is 0.687. The van der Waals surface area contributed by atoms with Crippen molar-refractivity contribution in [3.05, 3.63) is 59.2 Å². The summed E-state index contributed by atoms with van der Waals surface area (Å²) in [4.78, 5) is 39.5. The molecule has 1 fully saturated rings. The monoisotopic (exact) mass is 409 g/mol. The van der Waals surface area contributed by atoms with Gasteiger partial charge in [0.15, 0.2) is 0 Å². The maximum Gasteiger partial charge on any atom is 0.325 e. The highest BCUT2D eigenvalue weighted by atomic mass is 16.5. The van der Waals surface area contributed by atoms with E-state index in [0.717, 1.165) is 28.1 Å². The highest BCUT2D eigenvalue weighted by molar-refractivity contribution is 6.10. The second-order valence-corrected chi connectivity index (χ2v) is 7.32. The molecule has 0 radical (unpaired) electrons. The second kappa shape index (κ2) is 8.57. The molecule has 0 bridgehead atoms. The van der Waals surface area contributed by atoms with E-state index in [-0.39, 0.29) is 6.54 Å². The maximum atomic E-state index is 13.2. The summed E-state index contributed by atoms with van der Waals surface area (Å²) in [5.74, 6) is -0.192. The van der Waals surface area contributed by atoms with Gasteiger partial charge in [-0.3, -0.25) is 14.5 Å². The average Bonchev–Trinajstić information content (AvgIpc) is 3.00. The predicted octanol–water partition coefficient (Wildman–Crippen LogP) is 3.36. The Bertz CT molecular complexity index is 971. The Labute approximate surface area is 176 Å². The summed E-state index contributed by atoms with van der Waals surface area (Å²) < 4.78 is 5.17. The molecule has 0 unspecified atom stereocenters. The number of nitrogens with one attached hydrogen (secondary N) is 2. The molecule has 2 N–H and O–H groups in total. The van der Waals surface area contributed by atoms with Crippen LogP contribution in [-0.4, -0.2) is 36.4 Å². The topological polar surface area (TPSA) is 87.7 Å². The van der Waals surface area contributed by atoms with Crippen molar-refractivity contribution in [2.45, 2.75) is 39.2 Å². The number of carbonyl (C=O) groups is 3. The van der Waals surface area contributed by atoms with E-state index in [9.17, 15) is 14.4 Å². The summed E-state index contributed by atoms with van der Waals surface area (Å²) in [6.07, 6.45) is 1.12. The molecule has 0 aliphatic carbocycles. The molecular formula is C23H27N3O4. The number of urea groups is 1. The first-order valence-electron chi connectivity index (χ1n) is 10.0. The number of para-hydroxylation sites is 1. The van der Waals surface area contributed by atoms with E-state index in [0.29, 0.717) is 17.7 Å². The molecule has 1 heterocycles. The van der Waals surface area contributed by atoms with Crippen LogP contribution in [0, 0.1) is 6.92 Å². The molecule has 7 heteroatoms. The van der Waals surface area contributed by atoms with Crippen molar-refractivity contribution in [1.29, 1.82) is 0 Å². The molecule has 3 rings (SSSR count). The lowest BCUT2D eigenvalue weighted by Gasteiger charge is -2.26. The molecule has 0 aromatic heterocycles. The van der Waals surface area contributed by atoms with E-state index < -0.39 is 23.4 Å². The van der Waals surface area contributed by atoms with Crippen molar-refractivity contribution >= 4 is 23.5 Å². The van der Waals surface area contributed by atoms with E-state index in [4.69, 9.17) is 4.74 Å². The van der Waals surface area contributed by atoms with Crippen LogP contribution in [0.1, 0.15) is 37.0 Å². The Hall–Kier alpha value is -3.35. The van der Waals surface area contributed by atoms with Gasteiger partial charge in [0.25, 0.3) is 5.91 Å². The van der Waals surface area contributed by atoms with Gasteiger partial charge in [-0.2, -0.15) is 0 Å². The number of hydrogen-bond donors (Lipinski definition) is 2. The van der Waals surface area contributed by atoms with E-state index in [1.165, 1.54) is 0 Å². The standard InChI is InChI=1S/C23H27N3O4/c1-5-16-9-7-8-15(3)20(16)24-19(27)14-26-21(28)23(6-2,25-22(26)29)17-10-12-18(30-4)13-11-17/h7-13H,5-6,14H2,1-4H3,(H,24,27)(H,25,29)/t23-/m0/s1. The SMILES string of the molecule is CCc1cccc(C)c1NC(=O)CN1C(=O)N[C@@](CC)(c2ccc(OC)cc2)C1=O. The Morgan fingerprint density at radius 2 is 1.83 bits per heavy atom. The number of benzene rings is 2. The van der Waals surface area contributed by atoms with Crippen molar-refractivity contribution in [2.75, 3.05) is 19.0 Å². The third-order valence-electron chi connectivity index (χ3n) is 5.59.